The Morgan fingerprint density at radius 1 is 1.15 bits per heavy atom. The fraction of sp³-hybridized carbons (Fsp3) is 0.304. The predicted octanol–water partition coefficient (Wildman–Crippen LogP) is 4.76. The highest BCUT2D eigenvalue weighted by atomic mass is 16.5. The third-order valence-corrected chi connectivity index (χ3v) is 5.40. The molecule has 0 saturated carbocycles. The van der Waals surface area contributed by atoms with Crippen LogP contribution in [-0.4, -0.2) is 28.5 Å². The Morgan fingerprint density at radius 3 is 2.37 bits per heavy atom. The highest BCUT2D eigenvalue weighted by Gasteiger charge is 2.33. The number of hydrogen-bond acceptors (Lipinski definition) is 4. The molecule has 0 fully saturated rings. The SMILES string of the molecule is C=C(C)[C@@H]1C[C@H](O)C(C)=C[C@H]1c1c(O)cc(-c2ccccc2OC)cc1O. The van der Waals surface area contributed by atoms with Crippen LogP contribution in [-0.2, 0) is 0 Å². The molecule has 27 heavy (non-hydrogen) atoms. The van der Waals surface area contributed by atoms with Crippen molar-refractivity contribution >= 4 is 0 Å². The lowest BCUT2D eigenvalue weighted by Gasteiger charge is -2.34. The molecule has 2 aromatic carbocycles. The molecule has 3 rings (SSSR count). The van der Waals surface area contributed by atoms with Crippen LogP contribution in [0.1, 0.15) is 31.7 Å². The fourth-order valence-corrected chi connectivity index (χ4v) is 3.88. The standard InChI is InChI=1S/C23H26O4/c1-13(2)17-12-19(24)14(3)9-18(17)23-20(25)10-15(11-21(23)26)16-7-5-6-8-22(16)27-4/h5-11,17-19,24-26H,1,12H2,2-4H3/t17-,18+,19-/m0/s1. The molecule has 0 aromatic heterocycles. The van der Waals surface area contributed by atoms with Crippen LogP contribution in [0.5, 0.6) is 17.2 Å². The summed E-state index contributed by atoms with van der Waals surface area (Å²) in [6, 6.07) is 10.8. The first-order chi connectivity index (χ1) is 12.8. The van der Waals surface area contributed by atoms with E-state index in [1.54, 1.807) is 19.2 Å². The Balaban J connectivity index is 2.11. The van der Waals surface area contributed by atoms with Gasteiger partial charge in [-0.05, 0) is 55.5 Å². The van der Waals surface area contributed by atoms with Crippen molar-refractivity contribution in [3.05, 3.63) is 65.8 Å². The van der Waals surface area contributed by atoms with Gasteiger partial charge in [-0.15, -0.1) is 0 Å². The molecular weight excluding hydrogens is 340 g/mol. The molecule has 142 valence electrons. The summed E-state index contributed by atoms with van der Waals surface area (Å²) in [5.41, 5.74) is 3.68. The van der Waals surface area contributed by atoms with E-state index < -0.39 is 6.10 Å². The third kappa shape index (κ3) is 3.58. The smallest absolute Gasteiger partial charge is 0.126 e. The fourth-order valence-electron chi connectivity index (χ4n) is 3.88. The van der Waals surface area contributed by atoms with Crippen molar-refractivity contribution in [2.24, 2.45) is 5.92 Å². The number of methoxy groups -OCH3 is 1. The van der Waals surface area contributed by atoms with Gasteiger partial charge in [0, 0.05) is 17.0 Å². The largest absolute Gasteiger partial charge is 0.507 e. The summed E-state index contributed by atoms with van der Waals surface area (Å²) < 4.78 is 5.39. The molecule has 4 nitrogen and oxygen atoms in total. The van der Waals surface area contributed by atoms with Crippen molar-refractivity contribution < 1.29 is 20.1 Å². The number of rotatable bonds is 4. The van der Waals surface area contributed by atoms with Crippen molar-refractivity contribution in [2.45, 2.75) is 32.3 Å². The normalized spacial score (nSPS) is 22.2. The number of para-hydroxylation sites is 1. The van der Waals surface area contributed by atoms with Crippen molar-refractivity contribution in [1.29, 1.82) is 0 Å². The monoisotopic (exact) mass is 366 g/mol. The minimum Gasteiger partial charge on any atom is -0.507 e. The van der Waals surface area contributed by atoms with Crippen LogP contribution in [0.25, 0.3) is 11.1 Å². The molecule has 0 heterocycles. The topological polar surface area (TPSA) is 69.9 Å². The van der Waals surface area contributed by atoms with Crippen LogP contribution in [0, 0.1) is 5.92 Å². The minimum atomic E-state index is -0.528. The third-order valence-electron chi connectivity index (χ3n) is 5.40. The maximum Gasteiger partial charge on any atom is 0.126 e. The molecular formula is C23H26O4. The lowest BCUT2D eigenvalue weighted by molar-refractivity contribution is 0.168. The Bertz CT molecular complexity index is 874. The summed E-state index contributed by atoms with van der Waals surface area (Å²) in [7, 11) is 1.59. The summed E-state index contributed by atoms with van der Waals surface area (Å²) in [5, 5.41) is 31.8. The molecule has 0 unspecified atom stereocenters. The van der Waals surface area contributed by atoms with Crippen LogP contribution in [0.15, 0.2) is 60.2 Å². The van der Waals surface area contributed by atoms with E-state index >= 15 is 0 Å². The number of aliphatic hydroxyl groups is 1. The van der Waals surface area contributed by atoms with Crippen molar-refractivity contribution in [3.63, 3.8) is 0 Å². The van der Waals surface area contributed by atoms with Crippen molar-refractivity contribution in [2.75, 3.05) is 7.11 Å². The first kappa shape index (κ1) is 19.1. The van der Waals surface area contributed by atoms with Gasteiger partial charge >= 0.3 is 0 Å². The second-order valence-electron chi connectivity index (χ2n) is 7.27. The zero-order valence-corrected chi connectivity index (χ0v) is 15.9. The van der Waals surface area contributed by atoms with E-state index in [4.69, 9.17) is 4.74 Å². The number of aromatic hydroxyl groups is 2. The molecule has 0 saturated heterocycles. The zero-order chi connectivity index (χ0) is 19.7. The van der Waals surface area contributed by atoms with E-state index in [1.165, 1.54) is 0 Å². The lowest BCUT2D eigenvalue weighted by atomic mass is 9.72. The molecule has 3 atom stereocenters. The summed E-state index contributed by atoms with van der Waals surface area (Å²) in [5.74, 6) is 0.413. The zero-order valence-electron chi connectivity index (χ0n) is 15.9. The Hall–Kier alpha value is -2.72. The van der Waals surface area contributed by atoms with E-state index in [9.17, 15) is 15.3 Å². The maximum absolute atomic E-state index is 10.8. The van der Waals surface area contributed by atoms with Crippen LogP contribution in [0.2, 0.25) is 0 Å². The van der Waals surface area contributed by atoms with Gasteiger partial charge in [-0.2, -0.15) is 0 Å². The van der Waals surface area contributed by atoms with Crippen LogP contribution in [0.4, 0.5) is 0 Å². The number of phenols is 2. The van der Waals surface area contributed by atoms with Gasteiger partial charge in [0.1, 0.15) is 17.2 Å². The molecule has 0 amide bonds. The van der Waals surface area contributed by atoms with Gasteiger partial charge in [-0.25, -0.2) is 0 Å². The molecule has 1 aliphatic carbocycles. The van der Waals surface area contributed by atoms with E-state index in [0.29, 0.717) is 23.3 Å². The maximum atomic E-state index is 10.8. The van der Waals surface area contributed by atoms with E-state index in [1.807, 2.05) is 44.2 Å². The highest BCUT2D eigenvalue weighted by molar-refractivity contribution is 5.74. The number of benzene rings is 2. The van der Waals surface area contributed by atoms with Crippen LogP contribution >= 0.6 is 0 Å². The quantitative estimate of drug-likeness (QED) is 0.682. The van der Waals surface area contributed by atoms with Gasteiger partial charge in [0.25, 0.3) is 0 Å². The summed E-state index contributed by atoms with van der Waals surface area (Å²) in [6.07, 6.45) is 1.92. The van der Waals surface area contributed by atoms with E-state index in [0.717, 1.165) is 16.7 Å². The Morgan fingerprint density at radius 2 is 1.78 bits per heavy atom. The summed E-state index contributed by atoms with van der Waals surface area (Å²) in [4.78, 5) is 0. The van der Waals surface area contributed by atoms with Gasteiger partial charge in [-0.3, -0.25) is 0 Å². The second kappa shape index (κ2) is 7.49. The molecule has 0 bridgehead atoms. The summed E-state index contributed by atoms with van der Waals surface area (Å²) in [6.45, 7) is 7.82. The van der Waals surface area contributed by atoms with E-state index in [2.05, 4.69) is 6.58 Å². The highest BCUT2D eigenvalue weighted by Crippen LogP contribution is 2.48. The number of allylic oxidation sites excluding steroid dienone is 2. The average Bonchev–Trinajstić information content (AvgIpc) is 2.63. The van der Waals surface area contributed by atoms with Crippen LogP contribution < -0.4 is 4.74 Å². The van der Waals surface area contributed by atoms with Gasteiger partial charge in [-0.1, -0.05) is 36.4 Å². The molecule has 1 aliphatic rings. The molecule has 0 aliphatic heterocycles. The summed E-state index contributed by atoms with van der Waals surface area (Å²) >= 11 is 0. The average molecular weight is 366 g/mol. The van der Waals surface area contributed by atoms with Crippen molar-refractivity contribution in [3.8, 4) is 28.4 Å². The Kier molecular flexibility index (Phi) is 5.29. The molecule has 4 heteroatoms. The molecule has 3 N–H and O–H groups in total. The molecule has 2 aromatic rings. The van der Waals surface area contributed by atoms with Gasteiger partial charge in [0.2, 0.25) is 0 Å². The predicted molar refractivity (Wildman–Crippen MR) is 107 cm³/mol. The second-order valence-corrected chi connectivity index (χ2v) is 7.27. The first-order valence-electron chi connectivity index (χ1n) is 9.04. The van der Waals surface area contributed by atoms with Gasteiger partial charge < -0.3 is 20.1 Å². The Labute approximate surface area is 160 Å². The first-order valence-corrected chi connectivity index (χ1v) is 9.04. The number of ether oxygens (including phenoxy) is 1. The number of aliphatic hydroxyl groups excluding tert-OH is 1. The number of hydrogen-bond donors (Lipinski definition) is 3. The van der Waals surface area contributed by atoms with Crippen molar-refractivity contribution in [1.82, 2.24) is 0 Å². The minimum absolute atomic E-state index is 0.0209. The number of phenolic OH excluding ortho intramolecular Hbond substituents is 2. The molecule has 0 radical (unpaired) electrons. The van der Waals surface area contributed by atoms with Gasteiger partial charge in [0.15, 0.2) is 0 Å². The van der Waals surface area contributed by atoms with E-state index in [-0.39, 0.29) is 23.3 Å². The lowest BCUT2D eigenvalue weighted by Crippen LogP contribution is -2.26. The van der Waals surface area contributed by atoms with Crippen LogP contribution in [0.3, 0.4) is 0 Å². The van der Waals surface area contributed by atoms with Gasteiger partial charge in [0.05, 0.1) is 13.2 Å². The molecule has 0 spiro atoms.